The van der Waals surface area contributed by atoms with Crippen molar-refractivity contribution in [3.8, 4) is 0 Å². The van der Waals surface area contributed by atoms with E-state index in [0.717, 1.165) is 81.3 Å². The summed E-state index contributed by atoms with van der Waals surface area (Å²) in [5, 5.41) is 2.94. The van der Waals surface area contributed by atoms with Crippen molar-refractivity contribution in [2.75, 3.05) is 44.7 Å². The molecule has 1 aliphatic heterocycles. The second-order valence-corrected chi connectivity index (χ2v) is 8.09. The molecule has 0 radical (unpaired) electrons. The molecule has 3 rings (SSSR count). The van der Waals surface area contributed by atoms with E-state index >= 15 is 0 Å². The van der Waals surface area contributed by atoms with Crippen molar-refractivity contribution in [1.82, 2.24) is 19.8 Å². The van der Waals surface area contributed by atoms with E-state index in [1.165, 1.54) is 0 Å². The summed E-state index contributed by atoms with van der Waals surface area (Å²) in [7, 11) is 0. The zero-order valence-corrected chi connectivity index (χ0v) is 18.8. The zero-order chi connectivity index (χ0) is 22.1. The summed E-state index contributed by atoms with van der Waals surface area (Å²) in [6, 6.07) is 5.70. The van der Waals surface area contributed by atoms with Gasteiger partial charge >= 0.3 is 0 Å². The molecule has 2 N–H and O–H groups in total. The van der Waals surface area contributed by atoms with Gasteiger partial charge in [0.25, 0.3) is 0 Å². The average Bonchev–Trinajstić information content (AvgIpc) is 3.15. The Morgan fingerprint density at radius 3 is 2.61 bits per heavy atom. The minimum Gasteiger partial charge on any atom is -0.379 e. The maximum absolute atomic E-state index is 12.3. The molecule has 1 fully saturated rings. The fourth-order valence-corrected chi connectivity index (χ4v) is 3.87. The van der Waals surface area contributed by atoms with E-state index in [-0.39, 0.29) is 11.8 Å². The first-order chi connectivity index (χ1) is 15.1. The lowest BCUT2D eigenvalue weighted by molar-refractivity contribution is -0.131. The number of aromatic amines is 1. The second-order valence-electron chi connectivity index (χ2n) is 8.09. The van der Waals surface area contributed by atoms with E-state index < -0.39 is 0 Å². The van der Waals surface area contributed by atoms with Crippen molar-refractivity contribution in [2.24, 2.45) is 0 Å². The SMILES string of the molecule is CCCN(CCC)C(=O)CCCC(=O)Nc1ccc2nc(CN3CCOCC3)[nH]c2c1. The lowest BCUT2D eigenvalue weighted by Gasteiger charge is -2.25. The number of carbonyl (C=O) groups is 2. The Morgan fingerprint density at radius 1 is 1.16 bits per heavy atom. The minimum absolute atomic E-state index is 0.0715. The molecule has 0 unspecified atom stereocenters. The maximum atomic E-state index is 12.3. The van der Waals surface area contributed by atoms with Crippen LogP contribution in [0.1, 0.15) is 51.8 Å². The van der Waals surface area contributed by atoms with Gasteiger partial charge in [0.15, 0.2) is 0 Å². The van der Waals surface area contributed by atoms with E-state index in [1.54, 1.807) is 0 Å². The third kappa shape index (κ3) is 7.04. The number of hydrogen-bond donors (Lipinski definition) is 2. The molecule has 8 heteroatoms. The molecular weight excluding hydrogens is 394 g/mol. The first-order valence-electron chi connectivity index (χ1n) is 11.5. The van der Waals surface area contributed by atoms with Crippen LogP contribution in [-0.4, -0.2) is 71.0 Å². The Morgan fingerprint density at radius 2 is 1.90 bits per heavy atom. The van der Waals surface area contributed by atoms with Gasteiger partial charge in [0.05, 0.1) is 30.8 Å². The molecular formula is C23H35N5O3. The molecule has 31 heavy (non-hydrogen) atoms. The van der Waals surface area contributed by atoms with Gasteiger partial charge in [-0.25, -0.2) is 4.98 Å². The average molecular weight is 430 g/mol. The normalized spacial score (nSPS) is 14.6. The van der Waals surface area contributed by atoms with Crippen LogP contribution in [0.5, 0.6) is 0 Å². The van der Waals surface area contributed by atoms with Crippen LogP contribution in [-0.2, 0) is 20.9 Å². The van der Waals surface area contributed by atoms with Crippen molar-refractivity contribution < 1.29 is 14.3 Å². The number of nitrogens with zero attached hydrogens (tertiary/aromatic N) is 3. The van der Waals surface area contributed by atoms with Gasteiger partial charge in [-0.1, -0.05) is 13.8 Å². The molecule has 1 aromatic carbocycles. The molecule has 2 aromatic rings. The van der Waals surface area contributed by atoms with Crippen molar-refractivity contribution >= 4 is 28.5 Å². The summed E-state index contributed by atoms with van der Waals surface area (Å²) < 4.78 is 5.39. The zero-order valence-electron chi connectivity index (χ0n) is 18.8. The van der Waals surface area contributed by atoms with Crippen LogP contribution in [0, 0.1) is 0 Å². The fourth-order valence-electron chi connectivity index (χ4n) is 3.87. The molecule has 0 atom stereocenters. The molecule has 0 bridgehead atoms. The molecule has 1 aromatic heterocycles. The topological polar surface area (TPSA) is 90.6 Å². The summed E-state index contributed by atoms with van der Waals surface area (Å²) in [5.41, 5.74) is 2.54. The van der Waals surface area contributed by atoms with Crippen LogP contribution in [0.2, 0.25) is 0 Å². The van der Waals surface area contributed by atoms with Gasteiger partial charge in [0, 0.05) is 44.7 Å². The summed E-state index contributed by atoms with van der Waals surface area (Å²) in [5.74, 6) is 0.989. The summed E-state index contributed by atoms with van der Waals surface area (Å²) in [4.78, 5) is 36.9. The lowest BCUT2D eigenvalue weighted by Crippen LogP contribution is -2.35. The second kappa shape index (κ2) is 11.8. The van der Waals surface area contributed by atoms with E-state index in [1.807, 2.05) is 23.1 Å². The number of nitrogens with one attached hydrogen (secondary N) is 2. The molecule has 1 saturated heterocycles. The van der Waals surface area contributed by atoms with Crippen molar-refractivity contribution in [3.63, 3.8) is 0 Å². The highest BCUT2D eigenvalue weighted by molar-refractivity contribution is 5.93. The van der Waals surface area contributed by atoms with E-state index in [4.69, 9.17) is 4.74 Å². The van der Waals surface area contributed by atoms with Gasteiger partial charge < -0.3 is 19.9 Å². The van der Waals surface area contributed by atoms with Gasteiger partial charge in [0.2, 0.25) is 11.8 Å². The van der Waals surface area contributed by atoms with Gasteiger partial charge in [-0.3, -0.25) is 14.5 Å². The molecule has 0 saturated carbocycles. The predicted octanol–water partition coefficient (Wildman–Crippen LogP) is 3.15. The highest BCUT2D eigenvalue weighted by atomic mass is 16.5. The molecule has 2 heterocycles. The number of carbonyl (C=O) groups excluding carboxylic acids is 2. The Kier molecular flexibility index (Phi) is 8.85. The Hall–Kier alpha value is -2.45. The van der Waals surface area contributed by atoms with E-state index in [9.17, 15) is 9.59 Å². The maximum Gasteiger partial charge on any atom is 0.224 e. The molecule has 2 amide bonds. The number of amides is 2. The summed E-state index contributed by atoms with van der Waals surface area (Å²) in [6.07, 6.45) is 3.22. The van der Waals surface area contributed by atoms with Gasteiger partial charge in [0.1, 0.15) is 5.82 Å². The number of fused-ring (bicyclic) bond motifs is 1. The number of benzene rings is 1. The van der Waals surface area contributed by atoms with Crippen LogP contribution in [0.25, 0.3) is 11.0 Å². The van der Waals surface area contributed by atoms with Gasteiger partial charge in [-0.2, -0.15) is 0 Å². The molecule has 8 nitrogen and oxygen atoms in total. The van der Waals surface area contributed by atoms with Gasteiger partial charge in [-0.05, 0) is 37.5 Å². The highest BCUT2D eigenvalue weighted by Crippen LogP contribution is 2.19. The van der Waals surface area contributed by atoms with Crippen LogP contribution in [0.4, 0.5) is 5.69 Å². The third-order valence-electron chi connectivity index (χ3n) is 5.43. The number of aromatic nitrogens is 2. The number of hydrogen-bond acceptors (Lipinski definition) is 5. The lowest BCUT2D eigenvalue weighted by atomic mass is 10.2. The number of ether oxygens (including phenoxy) is 1. The number of imidazole rings is 1. The first-order valence-corrected chi connectivity index (χ1v) is 11.5. The monoisotopic (exact) mass is 429 g/mol. The summed E-state index contributed by atoms with van der Waals surface area (Å²) in [6.45, 7) is 9.84. The Balaban J connectivity index is 1.48. The number of rotatable bonds is 11. The van der Waals surface area contributed by atoms with Crippen LogP contribution in [0.3, 0.4) is 0 Å². The minimum atomic E-state index is -0.0715. The largest absolute Gasteiger partial charge is 0.379 e. The molecule has 0 spiro atoms. The highest BCUT2D eigenvalue weighted by Gasteiger charge is 2.14. The molecule has 1 aliphatic rings. The standard InChI is InChI=1S/C23H35N5O3/c1-3-10-28(11-4-2)23(30)7-5-6-22(29)24-18-8-9-19-20(16-18)26-21(25-19)17-27-12-14-31-15-13-27/h8-9,16H,3-7,10-15,17H2,1-2H3,(H,24,29)(H,25,26). The Labute approximate surface area is 184 Å². The first kappa shape index (κ1) is 23.2. The number of H-pyrrole nitrogens is 1. The quantitative estimate of drug-likeness (QED) is 0.573. The predicted molar refractivity (Wildman–Crippen MR) is 122 cm³/mol. The van der Waals surface area contributed by atoms with E-state index in [0.29, 0.717) is 19.3 Å². The third-order valence-corrected chi connectivity index (χ3v) is 5.43. The summed E-state index contributed by atoms with van der Waals surface area (Å²) >= 11 is 0. The number of anilines is 1. The van der Waals surface area contributed by atoms with Gasteiger partial charge in [-0.15, -0.1) is 0 Å². The van der Waals surface area contributed by atoms with Crippen molar-refractivity contribution in [3.05, 3.63) is 24.0 Å². The fraction of sp³-hybridized carbons (Fsp3) is 0.609. The van der Waals surface area contributed by atoms with Crippen molar-refractivity contribution in [2.45, 2.75) is 52.5 Å². The molecule has 170 valence electrons. The van der Waals surface area contributed by atoms with Crippen molar-refractivity contribution in [1.29, 1.82) is 0 Å². The van der Waals surface area contributed by atoms with Crippen LogP contribution in [0.15, 0.2) is 18.2 Å². The van der Waals surface area contributed by atoms with E-state index in [2.05, 4.69) is 34.0 Å². The van der Waals surface area contributed by atoms with Crippen LogP contribution < -0.4 is 5.32 Å². The number of morpholine rings is 1. The smallest absolute Gasteiger partial charge is 0.224 e. The van der Waals surface area contributed by atoms with Crippen LogP contribution >= 0.6 is 0 Å². The Bertz CT molecular complexity index is 854. The molecule has 0 aliphatic carbocycles.